The maximum atomic E-state index is 5.49. The minimum absolute atomic E-state index is 0.635. The molecule has 0 bridgehead atoms. The number of nitrogens with zero attached hydrogens (tertiary/aromatic N) is 1. The lowest BCUT2D eigenvalue weighted by Crippen LogP contribution is -2.49. The molecule has 4 unspecified atom stereocenters. The van der Waals surface area contributed by atoms with E-state index in [0.29, 0.717) is 6.04 Å². The van der Waals surface area contributed by atoms with Crippen LogP contribution in [0, 0.1) is 5.92 Å². The van der Waals surface area contributed by atoms with E-state index in [9.17, 15) is 0 Å². The molecule has 0 aromatic rings. The first-order chi connectivity index (χ1) is 8.33. The minimum atomic E-state index is 0.635. The summed E-state index contributed by atoms with van der Waals surface area (Å²) in [7, 11) is 0. The van der Waals surface area contributed by atoms with Gasteiger partial charge in [0.1, 0.15) is 0 Å². The van der Waals surface area contributed by atoms with Gasteiger partial charge in [0, 0.05) is 24.7 Å². The van der Waals surface area contributed by atoms with Gasteiger partial charge in [-0.1, -0.05) is 0 Å². The van der Waals surface area contributed by atoms with Gasteiger partial charge in [-0.3, -0.25) is 0 Å². The van der Waals surface area contributed by atoms with Gasteiger partial charge in [-0.25, -0.2) is 0 Å². The van der Waals surface area contributed by atoms with Crippen molar-refractivity contribution in [3.63, 3.8) is 0 Å². The van der Waals surface area contributed by atoms with Crippen molar-refractivity contribution in [1.82, 2.24) is 10.2 Å². The van der Waals surface area contributed by atoms with Crippen LogP contribution in [0.2, 0.25) is 0 Å². The van der Waals surface area contributed by atoms with Gasteiger partial charge in [0.05, 0.1) is 6.61 Å². The molecule has 0 amide bonds. The van der Waals surface area contributed by atoms with Crippen LogP contribution in [0.15, 0.2) is 0 Å². The zero-order chi connectivity index (χ0) is 11.7. The van der Waals surface area contributed by atoms with Crippen molar-refractivity contribution in [2.45, 2.75) is 57.2 Å². The van der Waals surface area contributed by atoms with Gasteiger partial charge in [-0.15, -0.1) is 0 Å². The summed E-state index contributed by atoms with van der Waals surface area (Å²) in [6.07, 6.45) is 6.81. The molecular formula is C14H26N2O. The van der Waals surface area contributed by atoms with E-state index in [-0.39, 0.29) is 0 Å². The zero-order valence-electron chi connectivity index (χ0n) is 11.0. The molecule has 3 fully saturated rings. The van der Waals surface area contributed by atoms with E-state index in [4.69, 9.17) is 4.74 Å². The average Bonchev–Trinajstić information content (AvgIpc) is 2.99. The Morgan fingerprint density at radius 2 is 2.18 bits per heavy atom. The Morgan fingerprint density at radius 3 is 3.00 bits per heavy atom. The van der Waals surface area contributed by atoms with Crippen LogP contribution in [0.3, 0.4) is 0 Å². The average molecular weight is 238 g/mol. The van der Waals surface area contributed by atoms with Crippen molar-refractivity contribution in [3.8, 4) is 0 Å². The molecule has 0 radical (unpaired) electrons. The summed E-state index contributed by atoms with van der Waals surface area (Å²) in [5.74, 6) is 0.747. The van der Waals surface area contributed by atoms with Gasteiger partial charge in [-0.05, 0) is 58.0 Å². The Hall–Kier alpha value is -0.120. The smallest absolute Gasteiger partial charge is 0.0509 e. The number of rotatable bonds is 3. The van der Waals surface area contributed by atoms with Gasteiger partial charge in [0.15, 0.2) is 0 Å². The van der Waals surface area contributed by atoms with Gasteiger partial charge >= 0.3 is 0 Å². The molecule has 3 nitrogen and oxygen atoms in total. The Bertz CT molecular complexity index is 253. The molecule has 3 saturated heterocycles. The predicted molar refractivity (Wildman–Crippen MR) is 69.1 cm³/mol. The summed E-state index contributed by atoms with van der Waals surface area (Å²) in [6.45, 7) is 6.95. The molecule has 3 heteroatoms. The van der Waals surface area contributed by atoms with Gasteiger partial charge in [0.25, 0.3) is 0 Å². The standard InChI is InChI=1S/C14H26N2O/c1-11(12-5-8-17-10-12)15-13-4-7-16-6-2-3-14(16)9-13/h11-15H,2-10H2,1H3. The van der Waals surface area contributed by atoms with Crippen LogP contribution < -0.4 is 5.32 Å². The van der Waals surface area contributed by atoms with E-state index in [2.05, 4.69) is 17.1 Å². The molecule has 3 heterocycles. The highest BCUT2D eigenvalue weighted by molar-refractivity contribution is 4.91. The number of hydrogen-bond donors (Lipinski definition) is 1. The Kier molecular flexibility index (Phi) is 3.69. The first-order valence-electron chi connectivity index (χ1n) is 7.41. The zero-order valence-corrected chi connectivity index (χ0v) is 11.0. The van der Waals surface area contributed by atoms with Crippen LogP contribution in [0.4, 0.5) is 0 Å². The summed E-state index contributed by atoms with van der Waals surface area (Å²) in [6, 6.07) is 2.27. The van der Waals surface area contributed by atoms with Crippen LogP contribution in [0.25, 0.3) is 0 Å². The maximum Gasteiger partial charge on any atom is 0.0509 e. The van der Waals surface area contributed by atoms with E-state index < -0.39 is 0 Å². The summed E-state index contributed by atoms with van der Waals surface area (Å²) < 4.78 is 5.49. The van der Waals surface area contributed by atoms with Gasteiger partial charge < -0.3 is 15.0 Å². The second-order valence-electron chi connectivity index (χ2n) is 6.13. The van der Waals surface area contributed by atoms with Crippen molar-refractivity contribution in [2.75, 3.05) is 26.3 Å². The Morgan fingerprint density at radius 1 is 1.24 bits per heavy atom. The molecular weight excluding hydrogens is 212 g/mol. The first-order valence-corrected chi connectivity index (χ1v) is 7.41. The van der Waals surface area contributed by atoms with Crippen molar-refractivity contribution >= 4 is 0 Å². The third-order valence-corrected chi connectivity index (χ3v) is 4.99. The van der Waals surface area contributed by atoms with Crippen molar-refractivity contribution < 1.29 is 4.74 Å². The normalized spacial score (nSPS) is 40.4. The number of fused-ring (bicyclic) bond motifs is 1. The van der Waals surface area contributed by atoms with Gasteiger partial charge in [-0.2, -0.15) is 0 Å². The molecule has 1 N–H and O–H groups in total. The highest BCUT2D eigenvalue weighted by Gasteiger charge is 2.33. The minimum Gasteiger partial charge on any atom is -0.381 e. The maximum absolute atomic E-state index is 5.49. The number of piperidine rings is 1. The molecule has 98 valence electrons. The molecule has 4 atom stereocenters. The number of hydrogen-bond acceptors (Lipinski definition) is 3. The fourth-order valence-electron chi connectivity index (χ4n) is 3.83. The summed E-state index contributed by atoms with van der Waals surface area (Å²) in [5, 5.41) is 3.87. The molecule has 3 aliphatic heterocycles. The third-order valence-electron chi connectivity index (χ3n) is 4.99. The summed E-state index contributed by atoms with van der Waals surface area (Å²) >= 11 is 0. The van der Waals surface area contributed by atoms with E-state index >= 15 is 0 Å². The molecule has 0 aromatic carbocycles. The van der Waals surface area contributed by atoms with Crippen molar-refractivity contribution in [2.24, 2.45) is 5.92 Å². The summed E-state index contributed by atoms with van der Waals surface area (Å²) in [4.78, 5) is 2.70. The van der Waals surface area contributed by atoms with Crippen LogP contribution in [-0.4, -0.2) is 49.3 Å². The van der Waals surface area contributed by atoms with Crippen molar-refractivity contribution in [1.29, 1.82) is 0 Å². The highest BCUT2D eigenvalue weighted by atomic mass is 16.5. The van der Waals surface area contributed by atoms with Crippen LogP contribution in [0.5, 0.6) is 0 Å². The van der Waals surface area contributed by atoms with E-state index in [1.54, 1.807) is 0 Å². The first kappa shape index (κ1) is 11.9. The highest BCUT2D eigenvalue weighted by Crippen LogP contribution is 2.27. The summed E-state index contributed by atoms with van der Waals surface area (Å²) in [5.41, 5.74) is 0. The van der Waals surface area contributed by atoms with E-state index in [1.807, 2.05) is 0 Å². The fraction of sp³-hybridized carbons (Fsp3) is 1.00. The number of nitrogens with one attached hydrogen (secondary N) is 1. The molecule has 0 aliphatic carbocycles. The fourth-order valence-corrected chi connectivity index (χ4v) is 3.83. The Balaban J connectivity index is 1.48. The molecule has 3 aliphatic rings. The Labute approximate surface area is 105 Å². The largest absolute Gasteiger partial charge is 0.381 e. The monoisotopic (exact) mass is 238 g/mol. The predicted octanol–water partition coefficient (Wildman–Crippen LogP) is 1.63. The van der Waals surface area contributed by atoms with Crippen LogP contribution in [0.1, 0.15) is 39.0 Å². The quantitative estimate of drug-likeness (QED) is 0.809. The lowest BCUT2D eigenvalue weighted by atomic mass is 9.94. The molecule has 3 rings (SSSR count). The van der Waals surface area contributed by atoms with E-state index in [0.717, 1.165) is 31.2 Å². The van der Waals surface area contributed by atoms with Gasteiger partial charge in [0.2, 0.25) is 0 Å². The van der Waals surface area contributed by atoms with Crippen LogP contribution >= 0.6 is 0 Å². The SMILES string of the molecule is CC(NC1CCN2CCCC2C1)C1CCOC1. The second kappa shape index (κ2) is 5.25. The molecule has 0 spiro atoms. The lowest BCUT2D eigenvalue weighted by Gasteiger charge is -2.37. The molecule has 0 aromatic heterocycles. The number of ether oxygens (including phenoxy) is 1. The molecule has 0 saturated carbocycles. The molecule has 17 heavy (non-hydrogen) atoms. The van der Waals surface area contributed by atoms with E-state index in [1.165, 1.54) is 45.2 Å². The third kappa shape index (κ3) is 2.67. The lowest BCUT2D eigenvalue weighted by molar-refractivity contribution is 0.147. The topological polar surface area (TPSA) is 24.5 Å². The van der Waals surface area contributed by atoms with Crippen LogP contribution in [-0.2, 0) is 4.74 Å². The second-order valence-corrected chi connectivity index (χ2v) is 6.13. The van der Waals surface area contributed by atoms with Crippen molar-refractivity contribution in [3.05, 3.63) is 0 Å².